The molecular formula is C55H96NO8+. The number of carboxylic acids is 1. The van der Waals surface area contributed by atoms with E-state index in [0.29, 0.717) is 23.9 Å². The summed E-state index contributed by atoms with van der Waals surface area (Å²) in [5.74, 6) is -2.07. The molecule has 64 heavy (non-hydrogen) atoms. The minimum Gasteiger partial charge on any atom is -0.477 e. The number of allylic oxidation sites excluding steroid dienone is 12. The standard InChI is InChI=1S/C55H95NO8/c1-6-8-10-12-14-16-18-20-22-24-26-27-28-30-32-34-36-38-40-42-44-46-53(58)64-51(50-63-55(54(59)60)61-48-47-56(3,4)5)49-62-52(57)45-43-41-39-37-35-33-31-29-25-23-21-19-17-15-13-11-9-7-2/h8,10,14,16,20,22,26-27,30,32,36,38,51,55H,6-7,9,11-13,15,17-19,21,23-25,28-29,31,33-35,37,39-50H2,1-5H3/p+1/b10-8-,16-14-,22-20-,27-26-,32-30-,38-36-. The fourth-order valence-corrected chi connectivity index (χ4v) is 6.78. The molecule has 2 atom stereocenters. The number of carboxylic acid groups (broad SMARTS) is 1. The topological polar surface area (TPSA) is 108 Å². The van der Waals surface area contributed by atoms with Gasteiger partial charge in [0, 0.05) is 12.8 Å². The van der Waals surface area contributed by atoms with Crippen molar-refractivity contribution in [1.29, 1.82) is 0 Å². The summed E-state index contributed by atoms with van der Waals surface area (Å²) in [7, 11) is 5.94. The van der Waals surface area contributed by atoms with E-state index in [-0.39, 0.29) is 32.2 Å². The number of ether oxygens (including phenoxy) is 4. The Morgan fingerprint density at radius 3 is 1.33 bits per heavy atom. The van der Waals surface area contributed by atoms with Gasteiger partial charge in [-0.05, 0) is 64.2 Å². The minimum atomic E-state index is -1.52. The number of likely N-dealkylation sites (N-methyl/N-ethyl adjacent to an activating group) is 1. The van der Waals surface area contributed by atoms with Crippen molar-refractivity contribution in [3.8, 4) is 0 Å². The van der Waals surface area contributed by atoms with Crippen molar-refractivity contribution >= 4 is 17.9 Å². The van der Waals surface area contributed by atoms with Gasteiger partial charge in [-0.25, -0.2) is 4.79 Å². The fraction of sp³-hybridized carbons (Fsp3) is 0.727. The SMILES string of the molecule is CC/C=C\C/C=C\C/C=C\C/C=C\C/C=C\C/C=C\CCCCC(=O)OC(COC(=O)CCCCCCCCCCCCCCCCCCCC)COC(OCC[N+](C)(C)C)C(=O)O. The number of quaternary nitrogens is 1. The number of hydrogen-bond donors (Lipinski definition) is 1. The third-order valence-electron chi connectivity index (χ3n) is 10.7. The van der Waals surface area contributed by atoms with Gasteiger partial charge >= 0.3 is 17.9 Å². The first kappa shape index (κ1) is 60.7. The number of nitrogens with zero attached hydrogens (tertiary/aromatic N) is 1. The molecule has 0 aromatic carbocycles. The highest BCUT2D eigenvalue weighted by molar-refractivity contribution is 5.71. The third-order valence-corrected chi connectivity index (χ3v) is 10.7. The van der Waals surface area contributed by atoms with E-state index in [1.165, 1.54) is 96.3 Å². The van der Waals surface area contributed by atoms with Gasteiger partial charge < -0.3 is 28.5 Å². The predicted molar refractivity (Wildman–Crippen MR) is 267 cm³/mol. The summed E-state index contributed by atoms with van der Waals surface area (Å²) in [5.41, 5.74) is 0. The molecule has 0 aliphatic carbocycles. The average molecular weight is 899 g/mol. The largest absolute Gasteiger partial charge is 0.477 e. The summed E-state index contributed by atoms with van der Waals surface area (Å²) >= 11 is 0. The molecule has 9 heteroatoms. The first-order valence-corrected chi connectivity index (χ1v) is 25.6. The summed E-state index contributed by atoms with van der Waals surface area (Å²) in [6.07, 6.45) is 55.4. The van der Waals surface area contributed by atoms with Crippen LogP contribution in [0.15, 0.2) is 72.9 Å². The lowest BCUT2D eigenvalue weighted by molar-refractivity contribution is -0.870. The molecule has 2 unspecified atom stereocenters. The second-order valence-corrected chi connectivity index (χ2v) is 18.1. The Bertz CT molecular complexity index is 1280. The molecule has 1 N–H and O–H groups in total. The maximum Gasteiger partial charge on any atom is 0.361 e. The molecule has 0 radical (unpaired) electrons. The average Bonchev–Trinajstić information content (AvgIpc) is 3.26. The van der Waals surface area contributed by atoms with E-state index in [9.17, 15) is 19.5 Å². The van der Waals surface area contributed by atoms with Crippen LogP contribution in [0.25, 0.3) is 0 Å². The third kappa shape index (κ3) is 46.7. The molecular weight excluding hydrogens is 803 g/mol. The van der Waals surface area contributed by atoms with Crippen LogP contribution < -0.4 is 0 Å². The van der Waals surface area contributed by atoms with Gasteiger partial charge in [0.05, 0.1) is 34.4 Å². The number of carbonyl (C=O) groups is 3. The zero-order valence-corrected chi connectivity index (χ0v) is 41.7. The maximum absolute atomic E-state index is 12.8. The van der Waals surface area contributed by atoms with Gasteiger partial charge in [-0.1, -0.05) is 196 Å². The quantitative estimate of drug-likeness (QED) is 0.0212. The molecule has 0 amide bonds. The van der Waals surface area contributed by atoms with Crippen LogP contribution in [0, 0.1) is 0 Å². The highest BCUT2D eigenvalue weighted by Gasteiger charge is 2.25. The second kappa shape index (κ2) is 46.3. The molecule has 0 rings (SSSR count). The first-order chi connectivity index (χ1) is 31.1. The van der Waals surface area contributed by atoms with Crippen LogP contribution in [0.4, 0.5) is 0 Å². The van der Waals surface area contributed by atoms with Crippen LogP contribution in [0.1, 0.15) is 200 Å². The summed E-state index contributed by atoms with van der Waals surface area (Å²) in [4.78, 5) is 37.3. The van der Waals surface area contributed by atoms with Crippen molar-refractivity contribution in [2.45, 2.75) is 212 Å². The van der Waals surface area contributed by atoms with Crippen molar-refractivity contribution < 1.29 is 42.9 Å². The second-order valence-electron chi connectivity index (χ2n) is 18.1. The Morgan fingerprint density at radius 2 is 0.891 bits per heavy atom. The molecule has 0 saturated carbocycles. The molecule has 0 aromatic rings. The number of carbonyl (C=O) groups excluding carboxylic acids is 2. The van der Waals surface area contributed by atoms with E-state index in [1.807, 2.05) is 21.1 Å². The van der Waals surface area contributed by atoms with Crippen molar-refractivity contribution in [2.24, 2.45) is 0 Å². The normalized spacial score (nSPS) is 13.5. The van der Waals surface area contributed by atoms with Crippen LogP contribution in [-0.2, 0) is 33.3 Å². The lowest BCUT2D eigenvalue weighted by atomic mass is 10.0. The van der Waals surface area contributed by atoms with Gasteiger partial charge in [0.15, 0.2) is 6.10 Å². The predicted octanol–water partition coefficient (Wildman–Crippen LogP) is 14.3. The highest BCUT2D eigenvalue weighted by atomic mass is 16.7. The molecule has 9 nitrogen and oxygen atoms in total. The molecule has 0 aliphatic heterocycles. The molecule has 0 aliphatic rings. The number of aliphatic carboxylic acids is 1. The van der Waals surface area contributed by atoms with Crippen molar-refractivity contribution in [3.05, 3.63) is 72.9 Å². The van der Waals surface area contributed by atoms with Gasteiger partial charge in [0.1, 0.15) is 13.2 Å². The van der Waals surface area contributed by atoms with Crippen LogP contribution in [-0.4, -0.2) is 87.4 Å². The minimum absolute atomic E-state index is 0.177. The van der Waals surface area contributed by atoms with E-state index in [4.69, 9.17) is 18.9 Å². The maximum atomic E-state index is 12.8. The monoisotopic (exact) mass is 899 g/mol. The lowest BCUT2D eigenvalue weighted by Gasteiger charge is -2.25. The summed E-state index contributed by atoms with van der Waals surface area (Å²) in [6.45, 7) is 4.71. The first-order valence-electron chi connectivity index (χ1n) is 25.6. The Labute approximate surface area is 392 Å². The molecule has 0 fully saturated rings. The van der Waals surface area contributed by atoms with Gasteiger partial charge in [-0.2, -0.15) is 0 Å². The van der Waals surface area contributed by atoms with Crippen molar-refractivity contribution in [1.82, 2.24) is 0 Å². The summed E-state index contributed by atoms with van der Waals surface area (Å²) in [5, 5.41) is 9.67. The smallest absolute Gasteiger partial charge is 0.361 e. The van der Waals surface area contributed by atoms with Crippen LogP contribution in [0.2, 0.25) is 0 Å². The van der Waals surface area contributed by atoms with Crippen molar-refractivity contribution in [3.63, 3.8) is 0 Å². The molecule has 368 valence electrons. The number of rotatable bonds is 46. The van der Waals surface area contributed by atoms with E-state index < -0.39 is 24.3 Å². The van der Waals surface area contributed by atoms with Gasteiger partial charge in [-0.15, -0.1) is 0 Å². The lowest BCUT2D eigenvalue weighted by Crippen LogP contribution is -2.40. The summed E-state index contributed by atoms with van der Waals surface area (Å²) in [6, 6.07) is 0. The Hall–Kier alpha value is -3.27. The van der Waals surface area contributed by atoms with E-state index in [1.54, 1.807) is 0 Å². The number of unbranched alkanes of at least 4 members (excludes halogenated alkanes) is 19. The summed E-state index contributed by atoms with van der Waals surface area (Å²) < 4.78 is 22.8. The fourth-order valence-electron chi connectivity index (χ4n) is 6.78. The van der Waals surface area contributed by atoms with E-state index in [0.717, 1.165) is 70.6 Å². The zero-order chi connectivity index (χ0) is 47.0. The Kier molecular flexibility index (Phi) is 43.9. The van der Waals surface area contributed by atoms with Crippen LogP contribution >= 0.6 is 0 Å². The number of hydrogen-bond acceptors (Lipinski definition) is 7. The Morgan fingerprint density at radius 1 is 0.484 bits per heavy atom. The van der Waals surface area contributed by atoms with Crippen LogP contribution in [0.3, 0.4) is 0 Å². The molecule has 0 heterocycles. The Balaban J connectivity index is 4.44. The van der Waals surface area contributed by atoms with E-state index in [2.05, 4.69) is 86.8 Å². The molecule has 0 spiro atoms. The van der Waals surface area contributed by atoms with Gasteiger partial charge in [0.2, 0.25) is 0 Å². The molecule has 0 saturated heterocycles. The molecule has 0 bridgehead atoms. The van der Waals surface area contributed by atoms with Crippen LogP contribution in [0.5, 0.6) is 0 Å². The highest BCUT2D eigenvalue weighted by Crippen LogP contribution is 2.15. The van der Waals surface area contributed by atoms with Crippen molar-refractivity contribution in [2.75, 3.05) is 47.5 Å². The van der Waals surface area contributed by atoms with Gasteiger partial charge in [0.25, 0.3) is 6.29 Å². The van der Waals surface area contributed by atoms with Gasteiger partial charge in [-0.3, -0.25) is 9.59 Å². The zero-order valence-electron chi connectivity index (χ0n) is 41.7. The molecule has 0 aromatic heterocycles. The number of esters is 2. The van der Waals surface area contributed by atoms with E-state index >= 15 is 0 Å².